The molecule has 30 heavy (non-hydrogen) atoms. The van der Waals surface area contributed by atoms with Crippen LogP contribution >= 0.6 is 0 Å². The molecule has 2 aromatic rings. The van der Waals surface area contributed by atoms with Crippen molar-refractivity contribution < 1.29 is 4.79 Å². The Morgan fingerprint density at radius 3 is 2.63 bits per heavy atom. The summed E-state index contributed by atoms with van der Waals surface area (Å²) in [6, 6.07) is 8.18. The lowest BCUT2D eigenvalue weighted by atomic mass is 9.72. The SMILES string of the molecule is CC(C)n1cc2c3c(cccc31)[C@H]1C[C@@H](C(=O)NC3CCCCCC3)CN(C)[C@@H]1C2. The van der Waals surface area contributed by atoms with E-state index in [0.29, 0.717) is 30.0 Å². The van der Waals surface area contributed by atoms with Crippen LogP contribution in [0.2, 0.25) is 0 Å². The number of piperidine rings is 1. The quantitative estimate of drug-likeness (QED) is 0.725. The van der Waals surface area contributed by atoms with E-state index in [-0.39, 0.29) is 5.92 Å². The molecular weight excluding hydrogens is 370 g/mol. The average Bonchev–Trinajstić information content (AvgIpc) is 2.91. The number of rotatable bonds is 3. The monoisotopic (exact) mass is 407 g/mol. The van der Waals surface area contributed by atoms with Crippen molar-refractivity contribution in [2.75, 3.05) is 13.6 Å². The Labute approximate surface area is 181 Å². The molecule has 1 saturated carbocycles. The summed E-state index contributed by atoms with van der Waals surface area (Å²) in [5.74, 6) is 0.848. The Morgan fingerprint density at radius 1 is 1.13 bits per heavy atom. The van der Waals surface area contributed by atoms with Crippen LogP contribution in [-0.4, -0.2) is 41.1 Å². The highest BCUT2D eigenvalue weighted by atomic mass is 16.2. The molecule has 0 radical (unpaired) electrons. The molecule has 4 nitrogen and oxygen atoms in total. The predicted molar refractivity (Wildman–Crippen MR) is 123 cm³/mol. The highest BCUT2D eigenvalue weighted by Crippen LogP contribution is 2.45. The highest BCUT2D eigenvalue weighted by molar-refractivity contribution is 5.89. The third-order valence-electron chi connectivity index (χ3n) is 8.00. The third kappa shape index (κ3) is 3.47. The highest BCUT2D eigenvalue weighted by Gasteiger charge is 2.42. The number of hydrogen-bond acceptors (Lipinski definition) is 2. The van der Waals surface area contributed by atoms with Crippen molar-refractivity contribution in [1.29, 1.82) is 0 Å². The summed E-state index contributed by atoms with van der Waals surface area (Å²) in [6.07, 6.45) is 12.0. The number of nitrogens with one attached hydrogen (secondary N) is 1. The molecule has 3 aliphatic rings. The third-order valence-corrected chi connectivity index (χ3v) is 8.00. The topological polar surface area (TPSA) is 37.3 Å². The minimum Gasteiger partial charge on any atom is -0.353 e. The van der Waals surface area contributed by atoms with Gasteiger partial charge in [0.05, 0.1) is 5.92 Å². The fourth-order valence-corrected chi connectivity index (χ4v) is 6.43. The average molecular weight is 408 g/mol. The van der Waals surface area contributed by atoms with Gasteiger partial charge in [-0.15, -0.1) is 0 Å². The summed E-state index contributed by atoms with van der Waals surface area (Å²) >= 11 is 0. The Bertz CT molecular complexity index is 922. The van der Waals surface area contributed by atoms with Crippen LogP contribution in [0.25, 0.3) is 10.9 Å². The Hall–Kier alpha value is -1.81. The molecule has 2 fully saturated rings. The first-order chi connectivity index (χ1) is 14.5. The lowest BCUT2D eigenvalue weighted by molar-refractivity contribution is -0.128. The van der Waals surface area contributed by atoms with Crippen molar-refractivity contribution in [2.24, 2.45) is 5.92 Å². The van der Waals surface area contributed by atoms with Gasteiger partial charge in [-0.05, 0) is 63.8 Å². The van der Waals surface area contributed by atoms with Crippen LogP contribution < -0.4 is 5.32 Å². The largest absolute Gasteiger partial charge is 0.353 e. The lowest BCUT2D eigenvalue weighted by Gasteiger charge is -2.45. The second-order valence-corrected chi connectivity index (χ2v) is 10.3. The van der Waals surface area contributed by atoms with Gasteiger partial charge in [0, 0.05) is 47.7 Å². The number of amides is 1. The standard InChI is InChI=1S/C26H37N3O/c1-17(2)29-16-18-14-24-22(21-11-8-12-23(29)25(18)21)13-19(15-28(24)3)26(30)27-20-9-6-4-5-7-10-20/h8,11-12,16-17,19-20,22,24H,4-7,9-10,13-15H2,1-3H3,(H,27,30)/t19-,22-,24-/m1/s1. The summed E-state index contributed by atoms with van der Waals surface area (Å²) in [5, 5.41) is 4.90. The first-order valence-electron chi connectivity index (χ1n) is 12.2. The van der Waals surface area contributed by atoms with Gasteiger partial charge >= 0.3 is 0 Å². The molecule has 162 valence electrons. The van der Waals surface area contributed by atoms with Crippen LogP contribution in [0.5, 0.6) is 0 Å². The second kappa shape index (κ2) is 8.03. The van der Waals surface area contributed by atoms with E-state index in [2.05, 4.69) is 60.1 Å². The van der Waals surface area contributed by atoms with Crippen LogP contribution in [-0.2, 0) is 11.2 Å². The molecule has 1 amide bonds. The first kappa shape index (κ1) is 20.1. The number of carbonyl (C=O) groups excluding carboxylic acids is 1. The fraction of sp³-hybridized carbons (Fsp3) is 0.654. The molecule has 2 aliphatic carbocycles. The number of fused-ring (bicyclic) bond motifs is 2. The summed E-state index contributed by atoms with van der Waals surface area (Å²) in [4.78, 5) is 15.7. The molecule has 1 aliphatic heterocycles. The molecule has 4 heteroatoms. The van der Waals surface area contributed by atoms with Crippen molar-refractivity contribution in [3.8, 4) is 0 Å². The van der Waals surface area contributed by atoms with E-state index in [9.17, 15) is 4.79 Å². The van der Waals surface area contributed by atoms with Crippen molar-refractivity contribution in [2.45, 2.75) is 89.3 Å². The summed E-state index contributed by atoms with van der Waals surface area (Å²) in [7, 11) is 2.23. The van der Waals surface area contributed by atoms with Gasteiger partial charge in [-0.25, -0.2) is 0 Å². The summed E-state index contributed by atoms with van der Waals surface area (Å²) in [5.41, 5.74) is 4.32. The van der Waals surface area contributed by atoms with E-state index in [1.807, 2.05) is 0 Å². The van der Waals surface area contributed by atoms with Crippen molar-refractivity contribution >= 4 is 16.8 Å². The number of nitrogens with zero attached hydrogens (tertiary/aromatic N) is 2. The van der Waals surface area contributed by atoms with Gasteiger partial charge in [0.2, 0.25) is 5.91 Å². The van der Waals surface area contributed by atoms with Gasteiger partial charge in [-0.1, -0.05) is 37.8 Å². The molecule has 0 unspecified atom stereocenters. The number of hydrogen-bond donors (Lipinski definition) is 1. The maximum Gasteiger partial charge on any atom is 0.224 e. The van der Waals surface area contributed by atoms with Crippen LogP contribution in [0.1, 0.15) is 81.9 Å². The predicted octanol–water partition coefficient (Wildman–Crippen LogP) is 5.02. The smallest absolute Gasteiger partial charge is 0.224 e. The van der Waals surface area contributed by atoms with Gasteiger partial charge in [-0.3, -0.25) is 4.79 Å². The number of benzene rings is 1. The minimum absolute atomic E-state index is 0.100. The zero-order valence-corrected chi connectivity index (χ0v) is 18.9. The fourth-order valence-electron chi connectivity index (χ4n) is 6.43. The number of aromatic nitrogens is 1. The lowest BCUT2D eigenvalue weighted by Crippen LogP contribution is -2.52. The van der Waals surface area contributed by atoms with Gasteiger partial charge in [0.15, 0.2) is 0 Å². The van der Waals surface area contributed by atoms with Gasteiger partial charge in [0.25, 0.3) is 0 Å². The normalized spacial score (nSPS) is 27.8. The van der Waals surface area contributed by atoms with E-state index in [0.717, 1.165) is 32.2 Å². The molecule has 0 bridgehead atoms. The molecule has 3 atom stereocenters. The molecule has 5 rings (SSSR count). The van der Waals surface area contributed by atoms with Gasteiger partial charge in [-0.2, -0.15) is 0 Å². The maximum absolute atomic E-state index is 13.2. The van der Waals surface area contributed by atoms with E-state index in [4.69, 9.17) is 0 Å². The number of likely N-dealkylation sites (tertiary alicyclic amines) is 1. The van der Waals surface area contributed by atoms with Crippen LogP contribution in [0, 0.1) is 5.92 Å². The molecule has 2 heterocycles. The first-order valence-corrected chi connectivity index (χ1v) is 12.2. The van der Waals surface area contributed by atoms with E-state index >= 15 is 0 Å². The molecule has 1 aromatic carbocycles. The summed E-state index contributed by atoms with van der Waals surface area (Å²) in [6.45, 7) is 5.41. The van der Waals surface area contributed by atoms with Crippen molar-refractivity contribution in [3.63, 3.8) is 0 Å². The zero-order valence-electron chi connectivity index (χ0n) is 18.9. The minimum atomic E-state index is 0.100. The summed E-state index contributed by atoms with van der Waals surface area (Å²) < 4.78 is 2.43. The van der Waals surface area contributed by atoms with Gasteiger partial charge < -0.3 is 14.8 Å². The molecule has 1 aromatic heterocycles. The number of carbonyl (C=O) groups is 1. The second-order valence-electron chi connectivity index (χ2n) is 10.3. The van der Waals surface area contributed by atoms with E-state index in [1.165, 1.54) is 47.7 Å². The van der Waals surface area contributed by atoms with E-state index in [1.54, 1.807) is 0 Å². The Morgan fingerprint density at radius 2 is 1.90 bits per heavy atom. The zero-order chi connectivity index (χ0) is 20.8. The van der Waals surface area contributed by atoms with Crippen molar-refractivity contribution in [1.82, 2.24) is 14.8 Å². The Balaban J connectivity index is 1.41. The van der Waals surface area contributed by atoms with Crippen molar-refractivity contribution in [3.05, 3.63) is 35.5 Å². The molecular formula is C26H37N3O. The Kier molecular flexibility index (Phi) is 5.38. The van der Waals surface area contributed by atoms with E-state index < -0.39 is 0 Å². The van der Waals surface area contributed by atoms with Crippen LogP contribution in [0.15, 0.2) is 24.4 Å². The van der Waals surface area contributed by atoms with Crippen LogP contribution in [0.4, 0.5) is 0 Å². The number of likely N-dealkylation sites (N-methyl/N-ethyl adjacent to an activating group) is 1. The molecule has 1 N–H and O–H groups in total. The molecule has 0 spiro atoms. The van der Waals surface area contributed by atoms with Gasteiger partial charge in [0.1, 0.15) is 0 Å². The molecule has 1 saturated heterocycles. The van der Waals surface area contributed by atoms with Crippen LogP contribution in [0.3, 0.4) is 0 Å². The maximum atomic E-state index is 13.2.